The molecule has 0 aliphatic carbocycles. The maximum absolute atomic E-state index is 8.91. The fraction of sp³-hybridized carbons (Fsp3) is 0.889. The van der Waals surface area contributed by atoms with Crippen LogP contribution in [0.2, 0.25) is 0 Å². The Hall–Kier alpha value is -0.590. The van der Waals surface area contributed by atoms with Gasteiger partial charge in [-0.2, -0.15) is 5.26 Å². The van der Waals surface area contributed by atoms with E-state index in [-0.39, 0.29) is 5.54 Å². The topological polar surface area (TPSA) is 36.3 Å². The van der Waals surface area contributed by atoms with E-state index in [2.05, 4.69) is 11.0 Å². The minimum Gasteiger partial charge on any atom is -0.380 e. The van der Waals surface area contributed by atoms with E-state index in [0.717, 1.165) is 32.7 Å². The fourth-order valence-corrected chi connectivity index (χ4v) is 1.38. The monoisotopic (exact) mass is 168 g/mol. The lowest BCUT2D eigenvalue weighted by atomic mass is 10.1. The average molecular weight is 168 g/mol. The molecular formula is C9H16N2O. The van der Waals surface area contributed by atoms with E-state index in [1.54, 1.807) is 0 Å². The highest BCUT2D eigenvalue weighted by molar-refractivity contribution is 5.01. The molecular weight excluding hydrogens is 152 g/mol. The molecule has 0 aromatic heterocycles. The van der Waals surface area contributed by atoms with Gasteiger partial charge in [0.05, 0.1) is 12.7 Å². The van der Waals surface area contributed by atoms with Crippen LogP contribution < -0.4 is 0 Å². The number of hydrogen-bond acceptors (Lipinski definition) is 3. The fourth-order valence-electron chi connectivity index (χ4n) is 1.38. The van der Waals surface area contributed by atoms with Gasteiger partial charge >= 0.3 is 0 Å². The average Bonchev–Trinajstić information content (AvgIpc) is 2.32. The molecule has 3 heteroatoms. The summed E-state index contributed by atoms with van der Waals surface area (Å²) in [6, 6.07) is 2.31. The number of rotatable bonds is 1. The van der Waals surface area contributed by atoms with Crippen molar-refractivity contribution in [2.24, 2.45) is 0 Å². The smallest absolute Gasteiger partial charge is 0.103 e. The van der Waals surface area contributed by atoms with Gasteiger partial charge in [0.1, 0.15) is 5.54 Å². The van der Waals surface area contributed by atoms with Crippen LogP contribution in [0.25, 0.3) is 0 Å². The molecule has 0 radical (unpaired) electrons. The van der Waals surface area contributed by atoms with Gasteiger partial charge in [-0.15, -0.1) is 0 Å². The van der Waals surface area contributed by atoms with Crippen LogP contribution in [0.15, 0.2) is 0 Å². The SMILES string of the molecule is CC(C)(C#N)N1CCCOCC1. The molecule has 0 N–H and O–H groups in total. The van der Waals surface area contributed by atoms with Crippen LogP contribution in [-0.2, 0) is 4.74 Å². The first-order chi connectivity index (χ1) is 5.67. The number of hydrogen-bond donors (Lipinski definition) is 0. The van der Waals surface area contributed by atoms with E-state index in [4.69, 9.17) is 10.00 Å². The third kappa shape index (κ3) is 2.20. The van der Waals surface area contributed by atoms with Crippen LogP contribution in [0.5, 0.6) is 0 Å². The molecule has 12 heavy (non-hydrogen) atoms. The van der Waals surface area contributed by atoms with Gasteiger partial charge in [0, 0.05) is 19.7 Å². The Balaban J connectivity index is 2.55. The Labute approximate surface area is 73.9 Å². The van der Waals surface area contributed by atoms with Gasteiger partial charge in [-0.25, -0.2) is 0 Å². The summed E-state index contributed by atoms with van der Waals surface area (Å²) in [5.74, 6) is 0. The summed E-state index contributed by atoms with van der Waals surface area (Å²) in [5, 5.41) is 8.91. The first-order valence-electron chi connectivity index (χ1n) is 4.41. The second-order valence-electron chi connectivity index (χ2n) is 3.62. The standard InChI is InChI=1S/C9H16N2O/c1-9(2,8-10)11-4-3-6-12-7-5-11/h3-7H2,1-2H3. The highest BCUT2D eigenvalue weighted by Crippen LogP contribution is 2.14. The van der Waals surface area contributed by atoms with Crippen LogP contribution in [0.4, 0.5) is 0 Å². The first kappa shape index (κ1) is 9.50. The summed E-state index contributed by atoms with van der Waals surface area (Å²) in [6.07, 6.45) is 1.03. The van der Waals surface area contributed by atoms with Crippen molar-refractivity contribution in [3.05, 3.63) is 0 Å². The van der Waals surface area contributed by atoms with Crippen molar-refractivity contribution in [2.75, 3.05) is 26.3 Å². The molecule has 0 saturated carbocycles. The van der Waals surface area contributed by atoms with Crippen molar-refractivity contribution in [1.29, 1.82) is 5.26 Å². The molecule has 1 fully saturated rings. The maximum atomic E-state index is 8.91. The third-order valence-corrected chi connectivity index (χ3v) is 2.29. The van der Waals surface area contributed by atoms with Gasteiger partial charge in [0.15, 0.2) is 0 Å². The quantitative estimate of drug-likeness (QED) is 0.586. The predicted molar refractivity (Wildman–Crippen MR) is 46.7 cm³/mol. The predicted octanol–water partition coefficient (Wildman–Crippen LogP) is 1.01. The minimum absolute atomic E-state index is 0.340. The molecule has 3 nitrogen and oxygen atoms in total. The minimum atomic E-state index is -0.340. The summed E-state index contributed by atoms with van der Waals surface area (Å²) >= 11 is 0. The van der Waals surface area contributed by atoms with E-state index >= 15 is 0 Å². The van der Waals surface area contributed by atoms with Gasteiger partial charge in [-0.3, -0.25) is 4.90 Å². The molecule has 1 rings (SSSR count). The zero-order valence-corrected chi connectivity index (χ0v) is 7.84. The van der Waals surface area contributed by atoms with Crippen LogP contribution >= 0.6 is 0 Å². The van der Waals surface area contributed by atoms with Crippen LogP contribution in [0, 0.1) is 11.3 Å². The van der Waals surface area contributed by atoms with E-state index in [1.807, 2.05) is 13.8 Å². The Morgan fingerprint density at radius 1 is 1.33 bits per heavy atom. The van der Waals surface area contributed by atoms with Crippen molar-refractivity contribution < 1.29 is 4.74 Å². The van der Waals surface area contributed by atoms with E-state index in [0.29, 0.717) is 0 Å². The van der Waals surface area contributed by atoms with Crippen LogP contribution in [0.1, 0.15) is 20.3 Å². The van der Waals surface area contributed by atoms with Crippen LogP contribution in [-0.4, -0.2) is 36.7 Å². The van der Waals surface area contributed by atoms with Gasteiger partial charge in [0.25, 0.3) is 0 Å². The lowest BCUT2D eigenvalue weighted by Gasteiger charge is -2.31. The molecule has 68 valence electrons. The molecule has 0 amide bonds. The van der Waals surface area contributed by atoms with Crippen molar-refractivity contribution in [1.82, 2.24) is 4.90 Å². The Morgan fingerprint density at radius 2 is 2.08 bits per heavy atom. The third-order valence-electron chi connectivity index (χ3n) is 2.29. The number of nitriles is 1. The van der Waals surface area contributed by atoms with Gasteiger partial charge in [-0.1, -0.05) is 0 Å². The number of ether oxygens (including phenoxy) is 1. The van der Waals surface area contributed by atoms with Crippen LogP contribution in [0.3, 0.4) is 0 Å². The number of nitrogens with zero attached hydrogens (tertiary/aromatic N) is 2. The van der Waals surface area contributed by atoms with Crippen molar-refractivity contribution in [3.8, 4) is 6.07 Å². The van der Waals surface area contributed by atoms with E-state index < -0.39 is 0 Å². The van der Waals surface area contributed by atoms with Crippen molar-refractivity contribution >= 4 is 0 Å². The molecule has 1 saturated heterocycles. The zero-order chi connectivity index (χ0) is 9.03. The summed E-state index contributed by atoms with van der Waals surface area (Å²) in [5.41, 5.74) is -0.340. The summed E-state index contributed by atoms with van der Waals surface area (Å²) in [7, 11) is 0. The highest BCUT2D eigenvalue weighted by atomic mass is 16.5. The molecule has 0 unspecified atom stereocenters. The van der Waals surface area contributed by atoms with Gasteiger partial charge in [0.2, 0.25) is 0 Å². The highest BCUT2D eigenvalue weighted by Gasteiger charge is 2.26. The molecule has 0 spiro atoms. The Bertz CT molecular complexity index is 175. The second-order valence-corrected chi connectivity index (χ2v) is 3.62. The largest absolute Gasteiger partial charge is 0.380 e. The molecule has 0 atom stereocenters. The molecule has 0 bridgehead atoms. The van der Waals surface area contributed by atoms with Crippen molar-refractivity contribution in [2.45, 2.75) is 25.8 Å². The zero-order valence-electron chi connectivity index (χ0n) is 7.84. The summed E-state index contributed by atoms with van der Waals surface area (Å²) < 4.78 is 5.31. The second kappa shape index (κ2) is 3.88. The molecule has 1 aliphatic rings. The van der Waals surface area contributed by atoms with E-state index in [1.165, 1.54) is 0 Å². The van der Waals surface area contributed by atoms with E-state index in [9.17, 15) is 0 Å². The Morgan fingerprint density at radius 3 is 2.75 bits per heavy atom. The van der Waals surface area contributed by atoms with Gasteiger partial charge in [-0.05, 0) is 20.3 Å². The lowest BCUT2D eigenvalue weighted by molar-refractivity contribution is 0.123. The lowest BCUT2D eigenvalue weighted by Crippen LogP contribution is -2.44. The van der Waals surface area contributed by atoms with Crippen molar-refractivity contribution in [3.63, 3.8) is 0 Å². The maximum Gasteiger partial charge on any atom is 0.103 e. The summed E-state index contributed by atoms with van der Waals surface area (Å²) in [4.78, 5) is 2.18. The molecule has 1 aliphatic heterocycles. The summed E-state index contributed by atoms with van der Waals surface area (Å²) in [6.45, 7) is 7.35. The molecule has 1 heterocycles. The first-order valence-corrected chi connectivity index (χ1v) is 4.41. The molecule has 0 aromatic carbocycles. The normalized spacial score (nSPS) is 21.4. The Kier molecular flexibility index (Phi) is 3.07. The van der Waals surface area contributed by atoms with Gasteiger partial charge < -0.3 is 4.74 Å². The molecule has 0 aromatic rings.